The molecule has 0 radical (unpaired) electrons. The van der Waals surface area contributed by atoms with Crippen molar-refractivity contribution in [2.45, 2.75) is 56.4 Å². The Balaban J connectivity index is 1.60. The molecule has 0 heterocycles. The highest BCUT2D eigenvalue weighted by Crippen LogP contribution is 2.48. The summed E-state index contributed by atoms with van der Waals surface area (Å²) in [5, 5.41) is 9.00. The van der Waals surface area contributed by atoms with Crippen molar-refractivity contribution in [1.29, 1.82) is 0 Å². The zero-order valence-corrected chi connectivity index (χ0v) is 18.1. The van der Waals surface area contributed by atoms with Crippen LogP contribution in [0.4, 0.5) is 4.79 Å². The Morgan fingerprint density at radius 3 is 2.90 bits per heavy atom. The fraction of sp³-hybridized carbons (Fsp3) is 0.500. The smallest absolute Gasteiger partial charge is 0.305 e. The van der Waals surface area contributed by atoms with E-state index in [1.807, 2.05) is 25.1 Å². The van der Waals surface area contributed by atoms with Crippen LogP contribution < -0.4 is 10.5 Å². The first-order chi connectivity index (χ1) is 13.8. The van der Waals surface area contributed by atoms with Crippen LogP contribution in [0.2, 0.25) is 0 Å². The van der Waals surface area contributed by atoms with E-state index in [2.05, 4.69) is 9.68 Å². The highest BCUT2D eigenvalue weighted by atomic mass is 32.2. The summed E-state index contributed by atoms with van der Waals surface area (Å²) in [5.74, 6) is 0.548. The SMILES string of the molecule is CN(C)Cc1cccc(S(N)(=O)=NC(=O)NC2=C3CCCC3CC3=C2CCC3)c1. The molecule has 1 fully saturated rings. The lowest BCUT2D eigenvalue weighted by molar-refractivity contribution is 0.251. The minimum atomic E-state index is -3.31. The second-order valence-electron chi connectivity index (χ2n) is 8.60. The lowest BCUT2D eigenvalue weighted by Crippen LogP contribution is -2.27. The molecular weight excluding hydrogens is 384 g/mol. The van der Waals surface area contributed by atoms with Crippen molar-refractivity contribution in [2.24, 2.45) is 15.4 Å². The molecule has 4 rings (SSSR count). The van der Waals surface area contributed by atoms with Gasteiger partial charge in [0.1, 0.15) is 9.92 Å². The summed E-state index contributed by atoms with van der Waals surface area (Å²) >= 11 is 0. The second kappa shape index (κ2) is 8.05. The topological polar surface area (TPSA) is 87.8 Å². The first kappa shape index (κ1) is 20.3. The van der Waals surface area contributed by atoms with Crippen molar-refractivity contribution < 1.29 is 9.00 Å². The van der Waals surface area contributed by atoms with Crippen molar-refractivity contribution in [2.75, 3.05) is 14.1 Å². The number of nitrogens with one attached hydrogen (secondary N) is 1. The average Bonchev–Trinajstić information content (AvgIpc) is 3.29. The Morgan fingerprint density at radius 2 is 2.10 bits per heavy atom. The number of benzene rings is 1. The van der Waals surface area contributed by atoms with Gasteiger partial charge in [0.05, 0.1) is 4.90 Å². The van der Waals surface area contributed by atoms with Gasteiger partial charge in [-0.3, -0.25) is 0 Å². The first-order valence-electron chi connectivity index (χ1n) is 10.4. The maximum Gasteiger partial charge on any atom is 0.354 e. The molecule has 2 unspecified atom stereocenters. The van der Waals surface area contributed by atoms with Crippen LogP contribution in [0.15, 0.2) is 55.9 Å². The number of hydrogen-bond donors (Lipinski definition) is 2. The van der Waals surface area contributed by atoms with E-state index in [1.165, 1.54) is 29.6 Å². The van der Waals surface area contributed by atoms with E-state index in [-0.39, 0.29) is 0 Å². The van der Waals surface area contributed by atoms with Crippen LogP contribution in [0.1, 0.15) is 50.5 Å². The number of nitrogens with zero attached hydrogens (tertiary/aromatic N) is 2. The molecule has 3 N–H and O–H groups in total. The first-order valence-corrected chi connectivity index (χ1v) is 11.9. The fourth-order valence-corrected chi connectivity index (χ4v) is 5.94. The summed E-state index contributed by atoms with van der Waals surface area (Å²) in [7, 11) is 0.621. The summed E-state index contributed by atoms with van der Waals surface area (Å²) in [6.07, 6.45) is 7.81. The van der Waals surface area contributed by atoms with Gasteiger partial charge in [0, 0.05) is 12.2 Å². The Bertz CT molecular complexity index is 1020. The average molecular weight is 415 g/mol. The summed E-state index contributed by atoms with van der Waals surface area (Å²) in [5.41, 5.74) is 6.06. The van der Waals surface area contributed by atoms with Crippen LogP contribution in [-0.4, -0.2) is 29.2 Å². The highest BCUT2D eigenvalue weighted by Gasteiger charge is 2.34. The van der Waals surface area contributed by atoms with E-state index in [9.17, 15) is 9.00 Å². The Morgan fingerprint density at radius 1 is 1.28 bits per heavy atom. The number of carbonyl (C=O) groups is 1. The van der Waals surface area contributed by atoms with Crippen LogP contribution in [0.25, 0.3) is 0 Å². The number of fused-ring (bicyclic) bond motifs is 1. The maximum atomic E-state index is 13.0. The minimum absolute atomic E-state index is 0.382. The summed E-state index contributed by atoms with van der Waals surface area (Å²) < 4.78 is 16.9. The van der Waals surface area contributed by atoms with Gasteiger partial charge in [-0.05, 0) is 93.8 Å². The molecule has 1 saturated carbocycles. The Kier molecular flexibility index (Phi) is 5.64. The van der Waals surface area contributed by atoms with E-state index in [1.54, 1.807) is 18.2 Å². The molecule has 2 amide bonds. The third-order valence-corrected chi connectivity index (χ3v) is 7.49. The number of rotatable bonds is 4. The molecule has 0 saturated heterocycles. The fourth-order valence-electron chi connectivity index (χ4n) is 4.95. The van der Waals surface area contributed by atoms with Gasteiger partial charge in [0.25, 0.3) is 0 Å². The van der Waals surface area contributed by atoms with E-state index in [0.717, 1.165) is 43.4 Å². The largest absolute Gasteiger partial charge is 0.354 e. The van der Waals surface area contributed by atoms with E-state index >= 15 is 0 Å². The molecule has 3 aliphatic carbocycles. The Labute approximate surface area is 173 Å². The van der Waals surface area contributed by atoms with Gasteiger partial charge < -0.3 is 10.2 Å². The molecule has 7 heteroatoms. The number of urea groups is 1. The molecule has 0 aromatic heterocycles. The van der Waals surface area contributed by atoms with Gasteiger partial charge >= 0.3 is 6.03 Å². The molecule has 29 heavy (non-hydrogen) atoms. The minimum Gasteiger partial charge on any atom is -0.305 e. The van der Waals surface area contributed by atoms with Crippen molar-refractivity contribution in [3.05, 3.63) is 52.2 Å². The van der Waals surface area contributed by atoms with Gasteiger partial charge in [-0.1, -0.05) is 17.7 Å². The number of carbonyl (C=O) groups excluding carboxylic acids is 1. The van der Waals surface area contributed by atoms with E-state index < -0.39 is 15.9 Å². The van der Waals surface area contributed by atoms with Gasteiger partial charge in [-0.25, -0.2) is 14.1 Å². The van der Waals surface area contributed by atoms with Crippen LogP contribution in [-0.2, 0) is 16.5 Å². The molecule has 0 aliphatic heterocycles. The third kappa shape index (κ3) is 4.32. The van der Waals surface area contributed by atoms with Gasteiger partial charge in [-0.15, -0.1) is 4.36 Å². The summed E-state index contributed by atoms with van der Waals surface area (Å²) in [4.78, 5) is 15.1. The standard InChI is InChI=1S/C22H30N4O2S/c1-26(2)14-15-6-3-9-18(12-15)29(23,28)25-22(27)24-21-19-10-4-7-16(19)13-17-8-5-11-20(17)21/h3,6,9,12,16H,4-5,7-8,10-11,13-14H2,1-2H3,(H3,23,24,25,27,28). The van der Waals surface area contributed by atoms with Crippen LogP contribution >= 0.6 is 0 Å². The molecule has 2 atom stereocenters. The predicted molar refractivity (Wildman–Crippen MR) is 115 cm³/mol. The molecule has 0 spiro atoms. The van der Waals surface area contributed by atoms with Crippen molar-refractivity contribution in [3.63, 3.8) is 0 Å². The normalized spacial score (nSPS) is 23.1. The van der Waals surface area contributed by atoms with Crippen molar-refractivity contribution >= 4 is 15.9 Å². The zero-order valence-electron chi connectivity index (χ0n) is 17.2. The van der Waals surface area contributed by atoms with Gasteiger partial charge in [0.15, 0.2) is 0 Å². The van der Waals surface area contributed by atoms with Crippen molar-refractivity contribution in [1.82, 2.24) is 10.2 Å². The number of nitrogens with two attached hydrogens (primary N) is 1. The van der Waals surface area contributed by atoms with Crippen LogP contribution in [0.3, 0.4) is 0 Å². The molecule has 0 bridgehead atoms. The van der Waals surface area contributed by atoms with Gasteiger partial charge in [0.2, 0.25) is 0 Å². The zero-order chi connectivity index (χ0) is 20.6. The van der Waals surface area contributed by atoms with E-state index in [4.69, 9.17) is 5.14 Å². The quantitative estimate of drug-likeness (QED) is 0.777. The number of allylic oxidation sites excluding steroid dienone is 3. The molecule has 1 aromatic carbocycles. The van der Waals surface area contributed by atoms with Crippen LogP contribution in [0, 0.1) is 5.92 Å². The van der Waals surface area contributed by atoms with Crippen LogP contribution in [0.5, 0.6) is 0 Å². The lowest BCUT2D eigenvalue weighted by atomic mass is 9.84. The molecule has 3 aliphatic rings. The van der Waals surface area contributed by atoms with E-state index in [0.29, 0.717) is 17.4 Å². The van der Waals surface area contributed by atoms with Crippen molar-refractivity contribution in [3.8, 4) is 0 Å². The number of amides is 2. The number of hydrogen-bond acceptors (Lipinski definition) is 3. The highest BCUT2D eigenvalue weighted by molar-refractivity contribution is 7.91. The summed E-state index contributed by atoms with van der Waals surface area (Å²) in [6, 6.07) is 6.59. The summed E-state index contributed by atoms with van der Waals surface area (Å²) in [6.45, 7) is 0.699. The monoisotopic (exact) mass is 414 g/mol. The molecule has 156 valence electrons. The van der Waals surface area contributed by atoms with Gasteiger partial charge in [-0.2, -0.15) is 0 Å². The third-order valence-electron chi connectivity index (χ3n) is 6.12. The molecular formula is C22H30N4O2S. The molecule has 6 nitrogen and oxygen atoms in total. The maximum absolute atomic E-state index is 13.0. The second-order valence-corrected chi connectivity index (χ2v) is 10.4. The lowest BCUT2D eigenvalue weighted by Gasteiger charge is -2.25. The molecule has 1 aromatic rings. The predicted octanol–water partition coefficient (Wildman–Crippen LogP) is 4.10. The Hall–Kier alpha value is -1.96.